The number of nitrogens with one attached hydrogen (secondary N) is 1. The lowest BCUT2D eigenvalue weighted by atomic mass is 10.2. The summed E-state index contributed by atoms with van der Waals surface area (Å²) < 4.78 is 40.8. The minimum atomic E-state index is -3.89. The first-order valence-corrected chi connectivity index (χ1v) is 8.57. The third-order valence-electron chi connectivity index (χ3n) is 3.02. The molecule has 0 amide bonds. The molecule has 22 heavy (non-hydrogen) atoms. The fourth-order valence-corrected chi connectivity index (χ4v) is 3.50. The maximum absolute atomic E-state index is 13.2. The van der Waals surface area contributed by atoms with E-state index in [-0.39, 0.29) is 10.7 Å². The van der Waals surface area contributed by atoms with E-state index in [1.54, 1.807) is 12.1 Å². The van der Waals surface area contributed by atoms with Crippen molar-refractivity contribution in [3.8, 4) is 0 Å². The highest BCUT2D eigenvalue weighted by atomic mass is 79.9. The Hall–Kier alpha value is -1.99. The number of anilines is 1. The van der Waals surface area contributed by atoms with Crippen molar-refractivity contribution in [2.45, 2.75) is 4.90 Å². The number of aromatic nitrogens is 1. The molecule has 0 saturated heterocycles. The monoisotopic (exact) mass is 380 g/mol. The summed E-state index contributed by atoms with van der Waals surface area (Å²) in [5, 5.41) is 0.878. The number of nitrogens with zero attached hydrogens (tertiary/aromatic N) is 1. The van der Waals surface area contributed by atoms with Gasteiger partial charge in [0.2, 0.25) is 0 Å². The van der Waals surface area contributed by atoms with E-state index >= 15 is 0 Å². The first kappa shape index (κ1) is 14.9. The predicted molar refractivity (Wildman–Crippen MR) is 86.7 cm³/mol. The summed E-state index contributed by atoms with van der Waals surface area (Å²) in [6, 6.07) is 13.7. The second-order valence-corrected chi connectivity index (χ2v) is 7.11. The number of pyridine rings is 1. The van der Waals surface area contributed by atoms with Crippen molar-refractivity contribution >= 4 is 42.7 Å². The zero-order valence-corrected chi connectivity index (χ0v) is 13.5. The van der Waals surface area contributed by atoms with Crippen LogP contribution in [0.4, 0.5) is 10.2 Å². The van der Waals surface area contributed by atoms with Crippen molar-refractivity contribution in [2.75, 3.05) is 4.72 Å². The van der Waals surface area contributed by atoms with Crippen molar-refractivity contribution in [3.05, 3.63) is 64.9 Å². The van der Waals surface area contributed by atoms with Gasteiger partial charge in [-0.3, -0.25) is 4.72 Å². The van der Waals surface area contributed by atoms with Crippen molar-refractivity contribution < 1.29 is 12.8 Å². The van der Waals surface area contributed by atoms with Crippen LogP contribution in [0.2, 0.25) is 0 Å². The van der Waals surface area contributed by atoms with Crippen LogP contribution >= 0.6 is 15.9 Å². The van der Waals surface area contributed by atoms with Gasteiger partial charge in [0.1, 0.15) is 11.6 Å². The quantitative estimate of drug-likeness (QED) is 0.748. The lowest BCUT2D eigenvalue weighted by Crippen LogP contribution is -2.14. The highest BCUT2D eigenvalue weighted by Crippen LogP contribution is 2.24. The topological polar surface area (TPSA) is 59.1 Å². The molecule has 3 rings (SSSR count). The number of para-hydroxylation sites is 1. The van der Waals surface area contributed by atoms with Crippen LogP contribution in [0.1, 0.15) is 0 Å². The van der Waals surface area contributed by atoms with E-state index in [1.807, 2.05) is 18.2 Å². The van der Waals surface area contributed by atoms with Crippen LogP contribution in [0.5, 0.6) is 0 Å². The van der Waals surface area contributed by atoms with Gasteiger partial charge in [0.05, 0.1) is 10.4 Å². The van der Waals surface area contributed by atoms with Gasteiger partial charge in [-0.2, -0.15) is 0 Å². The predicted octanol–water partition coefficient (Wildman–Crippen LogP) is 3.94. The fraction of sp³-hybridized carbons (Fsp3) is 0. The summed E-state index contributed by atoms with van der Waals surface area (Å²) >= 11 is 3.38. The molecule has 0 fully saturated rings. The number of benzene rings is 2. The Kier molecular flexibility index (Phi) is 3.84. The Morgan fingerprint density at radius 1 is 1.05 bits per heavy atom. The van der Waals surface area contributed by atoms with E-state index in [0.29, 0.717) is 5.52 Å². The van der Waals surface area contributed by atoms with Crippen LogP contribution in [0.3, 0.4) is 0 Å². The minimum Gasteiger partial charge on any atom is -0.263 e. The van der Waals surface area contributed by atoms with Crippen LogP contribution in [-0.4, -0.2) is 13.4 Å². The van der Waals surface area contributed by atoms with E-state index in [1.165, 1.54) is 18.2 Å². The van der Waals surface area contributed by atoms with Gasteiger partial charge < -0.3 is 0 Å². The molecule has 0 spiro atoms. The van der Waals surface area contributed by atoms with Crippen LogP contribution < -0.4 is 4.72 Å². The third kappa shape index (κ3) is 2.95. The highest BCUT2D eigenvalue weighted by Gasteiger charge is 2.15. The van der Waals surface area contributed by atoms with Crippen molar-refractivity contribution in [1.82, 2.24) is 4.98 Å². The maximum Gasteiger partial charge on any atom is 0.263 e. The molecule has 7 heteroatoms. The molecular weight excluding hydrogens is 371 g/mol. The molecule has 1 N–H and O–H groups in total. The summed E-state index contributed by atoms with van der Waals surface area (Å²) in [7, 11) is -3.89. The van der Waals surface area contributed by atoms with Gasteiger partial charge in [0, 0.05) is 9.86 Å². The second kappa shape index (κ2) is 5.66. The smallest absolute Gasteiger partial charge is 0.263 e. The molecule has 112 valence electrons. The van der Waals surface area contributed by atoms with E-state index in [9.17, 15) is 12.8 Å². The summed E-state index contributed by atoms with van der Waals surface area (Å²) in [6.45, 7) is 0. The second-order valence-electron chi connectivity index (χ2n) is 4.57. The number of sulfonamides is 1. The normalized spacial score (nSPS) is 11.5. The van der Waals surface area contributed by atoms with Gasteiger partial charge in [-0.15, -0.1) is 0 Å². The number of rotatable bonds is 3. The van der Waals surface area contributed by atoms with Gasteiger partial charge in [0.25, 0.3) is 10.0 Å². The molecule has 0 aliphatic carbocycles. The van der Waals surface area contributed by atoms with Gasteiger partial charge >= 0.3 is 0 Å². The molecule has 0 unspecified atom stereocenters. The average Bonchev–Trinajstić information content (AvgIpc) is 2.48. The number of halogens is 2. The molecule has 0 aliphatic heterocycles. The van der Waals surface area contributed by atoms with Gasteiger partial charge in [-0.1, -0.05) is 18.2 Å². The molecule has 0 saturated carbocycles. The van der Waals surface area contributed by atoms with E-state index in [4.69, 9.17) is 0 Å². The molecule has 0 bridgehead atoms. The van der Waals surface area contributed by atoms with E-state index < -0.39 is 15.8 Å². The number of hydrogen-bond acceptors (Lipinski definition) is 3. The van der Waals surface area contributed by atoms with Gasteiger partial charge in [-0.05, 0) is 52.3 Å². The van der Waals surface area contributed by atoms with E-state index in [2.05, 4.69) is 25.6 Å². The SMILES string of the molecule is O=S(=O)(Nc1ccc2cccc(Br)c2n1)c1cccc(F)c1. The minimum absolute atomic E-state index is 0.151. The Morgan fingerprint density at radius 2 is 1.82 bits per heavy atom. The first-order chi connectivity index (χ1) is 10.5. The molecule has 0 radical (unpaired) electrons. The molecule has 4 nitrogen and oxygen atoms in total. The lowest BCUT2D eigenvalue weighted by molar-refractivity contribution is 0.595. The average molecular weight is 381 g/mol. The Labute approximate surface area is 135 Å². The molecule has 3 aromatic rings. The molecule has 1 aromatic heterocycles. The molecule has 1 heterocycles. The van der Waals surface area contributed by atoms with E-state index in [0.717, 1.165) is 15.9 Å². The zero-order valence-electron chi connectivity index (χ0n) is 11.1. The zero-order chi connectivity index (χ0) is 15.7. The van der Waals surface area contributed by atoms with Crippen LogP contribution in [0, 0.1) is 5.82 Å². The Balaban J connectivity index is 2.00. The van der Waals surface area contributed by atoms with Crippen molar-refractivity contribution in [3.63, 3.8) is 0 Å². The molecule has 0 aliphatic rings. The molecule has 2 aromatic carbocycles. The third-order valence-corrected chi connectivity index (χ3v) is 5.01. The summed E-state index contributed by atoms with van der Waals surface area (Å²) in [5.41, 5.74) is 0.641. The fourth-order valence-electron chi connectivity index (χ4n) is 2.00. The van der Waals surface area contributed by atoms with Gasteiger partial charge in [-0.25, -0.2) is 17.8 Å². The summed E-state index contributed by atoms with van der Waals surface area (Å²) in [4.78, 5) is 4.13. The molecular formula is C15H10BrFN2O2S. The van der Waals surface area contributed by atoms with Crippen LogP contribution in [0.25, 0.3) is 10.9 Å². The summed E-state index contributed by atoms with van der Waals surface area (Å²) in [5.74, 6) is -0.444. The van der Waals surface area contributed by atoms with Crippen molar-refractivity contribution in [2.24, 2.45) is 0 Å². The van der Waals surface area contributed by atoms with Gasteiger partial charge in [0.15, 0.2) is 0 Å². The van der Waals surface area contributed by atoms with Crippen LogP contribution in [0.15, 0.2) is 64.0 Å². The van der Waals surface area contributed by atoms with Crippen molar-refractivity contribution in [1.29, 1.82) is 0 Å². The Bertz CT molecular complexity index is 961. The van der Waals surface area contributed by atoms with Crippen LogP contribution in [-0.2, 0) is 10.0 Å². The Morgan fingerprint density at radius 3 is 2.59 bits per heavy atom. The standard InChI is InChI=1S/C15H10BrFN2O2S/c16-13-6-1-3-10-7-8-14(18-15(10)13)19-22(20,21)12-5-2-4-11(17)9-12/h1-9H,(H,18,19). The highest BCUT2D eigenvalue weighted by molar-refractivity contribution is 9.10. The lowest BCUT2D eigenvalue weighted by Gasteiger charge is -2.09. The largest absolute Gasteiger partial charge is 0.263 e. The first-order valence-electron chi connectivity index (χ1n) is 6.29. The molecule has 0 atom stereocenters. The number of fused-ring (bicyclic) bond motifs is 1. The number of hydrogen-bond donors (Lipinski definition) is 1. The maximum atomic E-state index is 13.2. The summed E-state index contributed by atoms with van der Waals surface area (Å²) in [6.07, 6.45) is 0.